The highest BCUT2D eigenvalue weighted by atomic mass is 16.5. The largest absolute Gasteiger partial charge is 0.490 e. The summed E-state index contributed by atoms with van der Waals surface area (Å²) in [4.78, 5) is 24.7. The number of para-hydroxylation sites is 1. The van der Waals surface area contributed by atoms with E-state index < -0.39 is 24.3 Å². The van der Waals surface area contributed by atoms with Crippen LogP contribution >= 0.6 is 0 Å². The van der Waals surface area contributed by atoms with Crippen molar-refractivity contribution < 1.29 is 28.9 Å². The molecule has 1 aliphatic rings. The van der Waals surface area contributed by atoms with E-state index in [0.717, 1.165) is 16.5 Å². The third kappa shape index (κ3) is 6.81. The summed E-state index contributed by atoms with van der Waals surface area (Å²) in [5.41, 5.74) is 7.22. The number of hydrogen-bond donors (Lipinski definition) is 4. The summed E-state index contributed by atoms with van der Waals surface area (Å²) in [6, 6.07) is 26.8. The standard InChI is InChI=1S/C37H37N5O6/c1-4-47-32-18-25(35-34(36(44)46-3)23(2)39-37(45)40-35)16-17-31(32)48-22-33(43)41-38-19-27-21-42(30-15-8-7-14-29(27)30)20-26-12-9-11-24-10-5-6-13-28(24)26/h5-19,21,33,35,41,43H,4,20,22H2,1-3H3,(H2,39,40,45)/b38-19+/t33-,35-/m1/s1. The van der Waals surface area contributed by atoms with Crippen molar-refractivity contribution in [1.29, 1.82) is 0 Å². The number of benzene rings is 4. The maximum absolute atomic E-state index is 12.5. The number of esters is 1. The summed E-state index contributed by atoms with van der Waals surface area (Å²) in [5, 5.41) is 23.8. The van der Waals surface area contributed by atoms with Gasteiger partial charge in [-0.15, -0.1) is 0 Å². The monoisotopic (exact) mass is 647 g/mol. The van der Waals surface area contributed by atoms with Crippen LogP contribution in [0.3, 0.4) is 0 Å². The van der Waals surface area contributed by atoms with Crippen LogP contribution in [-0.2, 0) is 16.1 Å². The highest BCUT2D eigenvalue weighted by molar-refractivity contribution is 5.99. The number of nitrogens with one attached hydrogen (secondary N) is 3. The second-order valence-electron chi connectivity index (χ2n) is 11.3. The second kappa shape index (κ2) is 14.3. The molecule has 0 aliphatic carbocycles. The topological polar surface area (TPSA) is 135 Å². The quantitative estimate of drug-likeness (QED) is 0.0620. The van der Waals surface area contributed by atoms with Crippen molar-refractivity contribution in [3.8, 4) is 11.5 Å². The van der Waals surface area contributed by atoms with Gasteiger partial charge in [-0.05, 0) is 53.9 Å². The molecule has 0 radical (unpaired) electrons. The second-order valence-corrected chi connectivity index (χ2v) is 11.3. The van der Waals surface area contributed by atoms with E-state index >= 15 is 0 Å². The zero-order chi connectivity index (χ0) is 33.6. The fraction of sp³-hybridized carbons (Fsp3) is 0.216. The molecule has 0 unspecified atom stereocenters. The Morgan fingerprint density at radius 3 is 2.60 bits per heavy atom. The number of urea groups is 1. The zero-order valence-corrected chi connectivity index (χ0v) is 26.9. The molecule has 48 heavy (non-hydrogen) atoms. The SMILES string of the molecule is CCOc1cc([C@H]2NC(=O)NC(C)=C2C(=O)OC)ccc1OC[C@@H](O)N/N=C/c1cn(Cc2cccc3ccccc23)c2ccccc12. The normalized spacial score (nSPS) is 15.3. The third-order valence-corrected chi connectivity index (χ3v) is 8.14. The molecule has 6 rings (SSSR count). The van der Waals surface area contributed by atoms with E-state index in [1.807, 2.05) is 25.1 Å². The molecule has 4 N–H and O–H groups in total. The number of aromatic nitrogens is 1. The zero-order valence-electron chi connectivity index (χ0n) is 26.9. The molecule has 0 saturated heterocycles. The number of methoxy groups -OCH3 is 1. The number of amides is 2. The van der Waals surface area contributed by atoms with Gasteiger partial charge < -0.3 is 34.5 Å². The van der Waals surface area contributed by atoms with Gasteiger partial charge in [0.15, 0.2) is 17.7 Å². The van der Waals surface area contributed by atoms with Crippen LogP contribution < -0.4 is 25.5 Å². The molecular formula is C37H37N5O6. The summed E-state index contributed by atoms with van der Waals surface area (Å²) < 4.78 is 18.8. The summed E-state index contributed by atoms with van der Waals surface area (Å²) in [6.07, 6.45) is 2.62. The summed E-state index contributed by atoms with van der Waals surface area (Å²) in [7, 11) is 1.29. The molecular weight excluding hydrogens is 610 g/mol. The summed E-state index contributed by atoms with van der Waals surface area (Å²) >= 11 is 0. The number of ether oxygens (including phenoxy) is 3. The van der Waals surface area contributed by atoms with Crippen molar-refractivity contribution >= 4 is 39.9 Å². The number of allylic oxidation sites excluding steroid dienone is 1. The smallest absolute Gasteiger partial charge is 0.337 e. The number of aliphatic hydroxyl groups excluding tert-OH is 1. The van der Waals surface area contributed by atoms with Gasteiger partial charge in [0.1, 0.15) is 6.61 Å². The van der Waals surface area contributed by atoms with Crippen molar-refractivity contribution in [1.82, 2.24) is 20.6 Å². The van der Waals surface area contributed by atoms with E-state index in [1.165, 1.54) is 23.4 Å². The maximum atomic E-state index is 12.5. The lowest BCUT2D eigenvalue weighted by Crippen LogP contribution is -2.45. The minimum Gasteiger partial charge on any atom is -0.490 e. The molecule has 0 saturated carbocycles. The van der Waals surface area contributed by atoms with Crippen LogP contribution in [0, 0.1) is 0 Å². The lowest BCUT2D eigenvalue weighted by atomic mass is 9.95. The average molecular weight is 648 g/mol. The van der Waals surface area contributed by atoms with Gasteiger partial charge in [-0.1, -0.05) is 66.7 Å². The van der Waals surface area contributed by atoms with E-state index in [0.29, 0.717) is 35.9 Å². The number of hydrogen-bond acceptors (Lipinski definition) is 8. The predicted octanol–water partition coefficient (Wildman–Crippen LogP) is 5.36. The minimum atomic E-state index is -1.13. The van der Waals surface area contributed by atoms with E-state index in [1.54, 1.807) is 31.3 Å². The summed E-state index contributed by atoms with van der Waals surface area (Å²) in [5.74, 6) is 0.203. The fourth-order valence-corrected chi connectivity index (χ4v) is 5.94. The number of hydrazone groups is 1. The predicted molar refractivity (Wildman–Crippen MR) is 184 cm³/mol. The first kappa shape index (κ1) is 32.1. The Morgan fingerprint density at radius 1 is 1.02 bits per heavy atom. The number of nitrogens with zero attached hydrogens (tertiary/aromatic N) is 2. The van der Waals surface area contributed by atoms with Gasteiger partial charge in [-0.2, -0.15) is 5.10 Å². The lowest BCUT2D eigenvalue weighted by Gasteiger charge is -2.28. The first-order valence-electron chi connectivity index (χ1n) is 15.6. The molecule has 0 fully saturated rings. The van der Waals surface area contributed by atoms with Crippen LogP contribution in [0.4, 0.5) is 4.79 Å². The Morgan fingerprint density at radius 2 is 1.79 bits per heavy atom. The molecule has 1 aromatic heterocycles. The molecule has 11 heteroatoms. The first-order valence-corrected chi connectivity index (χ1v) is 15.6. The van der Waals surface area contributed by atoms with E-state index in [-0.39, 0.29) is 12.2 Å². The Kier molecular flexibility index (Phi) is 9.58. The Labute approximate surface area is 277 Å². The van der Waals surface area contributed by atoms with Gasteiger partial charge in [0.2, 0.25) is 0 Å². The van der Waals surface area contributed by atoms with E-state index in [4.69, 9.17) is 14.2 Å². The van der Waals surface area contributed by atoms with Gasteiger partial charge in [0.25, 0.3) is 0 Å². The van der Waals surface area contributed by atoms with Crippen LogP contribution in [0.15, 0.2) is 107 Å². The number of fused-ring (bicyclic) bond motifs is 2. The van der Waals surface area contributed by atoms with E-state index in [9.17, 15) is 14.7 Å². The Bertz CT molecular complexity index is 2030. The number of carbonyl (C=O) groups excluding carboxylic acids is 2. The van der Waals surface area contributed by atoms with Crippen LogP contribution in [0.5, 0.6) is 11.5 Å². The van der Waals surface area contributed by atoms with Gasteiger partial charge in [0, 0.05) is 34.9 Å². The molecule has 4 aromatic carbocycles. The van der Waals surface area contributed by atoms with Gasteiger partial charge in [-0.3, -0.25) is 5.43 Å². The van der Waals surface area contributed by atoms with Crippen LogP contribution in [0.25, 0.3) is 21.7 Å². The van der Waals surface area contributed by atoms with Crippen molar-refractivity contribution in [2.75, 3.05) is 20.3 Å². The number of carbonyl (C=O) groups is 2. The Hall–Kier alpha value is -5.81. The molecule has 5 aromatic rings. The van der Waals surface area contributed by atoms with Crippen molar-refractivity contribution in [2.45, 2.75) is 32.7 Å². The minimum absolute atomic E-state index is 0.129. The molecule has 0 spiro atoms. The summed E-state index contributed by atoms with van der Waals surface area (Å²) in [6.45, 7) is 4.38. The average Bonchev–Trinajstić information content (AvgIpc) is 3.44. The van der Waals surface area contributed by atoms with E-state index in [2.05, 4.69) is 80.5 Å². The molecule has 11 nitrogen and oxygen atoms in total. The molecule has 1 aliphatic heterocycles. The maximum Gasteiger partial charge on any atom is 0.337 e. The number of rotatable bonds is 12. The highest BCUT2D eigenvalue weighted by Gasteiger charge is 2.32. The molecule has 0 bridgehead atoms. The van der Waals surface area contributed by atoms with Gasteiger partial charge in [-0.25, -0.2) is 9.59 Å². The Balaban J connectivity index is 1.14. The molecule has 246 valence electrons. The van der Waals surface area contributed by atoms with Crippen LogP contribution in [0.2, 0.25) is 0 Å². The first-order chi connectivity index (χ1) is 23.4. The van der Waals surface area contributed by atoms with Gasteiger partial charge >= 0.3 is 12.0 Å². The molecule has 2 atom stereocenters. The van der Waals surface area contributed by atoms with Crippen molar-refractivity contribution in [2.24, 2.45) is 5.10 Å². The van der Waals surface area contributed by atoms with Crippen LogP contribution in [0.1, 0.15) is 36.6 Å². The van der Waals surface area contributed by atoms with Crippen molar-refractivity contribution in [3.63, 3.8) is 0 Å². The third-order valence-electron chi connectivity index (χ3n) is 8.14. The molecule has 2 heterocycles. The van der Waals surface area contributed by atoms with Crippen molar-refractivity contribution in [3.05, 3.63) is 119 Å². The highest BCUT2D eigenvalue weighted by Crippen LogP contribution is 2.35. The lowest BCUT2D eigenvalue weighted by molar-refractivity contribution is -0.136. The fourth-order valence-electron chi connectivity index (χ4n) is 5.94. The van der Waals surface area contributed by atoms with Crippen LogP contribution in [-0.4, -0.2) is 54.4 Å². The number of aliphatic hydroxyl groups is 1. The molecule has 2 amide bonds. The van der Waals surface area contributed by atoms with Gasteiger partial charge in [0.05, 0.1) is 31.5 Å².